The molecule has 0 amide bonds. The van der Waals surface area contributed by atoms with Crippen LogP contribution >= 0.6 is 0 Å². The van der Waals surface area contributed by atoms with Crippen LogP contribution in [0.1, 0.15) is 89.5 Å². The van der Waals surface area contributed by atoms with Crippen LogP contribution in [-0.2, 0) is 4.74 Å². The molecule has 0 saturated heterocycles. The molecule has 174 valence electrons. The molecule has 6 aliphatic carbocycles. The van der Waals surface area contributed by atoms with Gasteiger partial charge in [-0.05, 0) is 128 Å². The third kappa shape index (κ3) is 3.29. The van der Waals surface area contributed by atoms with Gasteiger partial charge < -0.3 is 9.47 Å². The zero-order chi connectivity index (χ0) is 21.4. The number of benzene rings is 1. The highest BCUT2D eigenvalue weighted by atomic mass is 16.7. The van der Waals surface area contributed by atoms with E-state index < -0.39 is 0 Å². The minimum Gasteiger partial charge on any atom is -0.465 e. The van der Waals surface area contributed by atoms with Gasteiger partial charge in [0, 0.05) is 6.42 Å². The number of rotatable bonds is 7. The minimum absolute atomic E-state index is 0.0503. The molecule has 6 bridgehead atoms. The molecular weight excluding hydrogens is 392 g/mol. The molecule has 6 aliphatic rings. The second-order valence-electron chi connectivity index (χ2n) is 13.0. The van der Waals surface area contributed by atoms with Crippen molar-refractivity contribution >= 4 is 0 Å². The summed E-state index contributed by atoms with van der Waals surface area (Å²) in [5.41, 5.74) is 1.39. The monoisotopic (exact) mass is 434 g/mol. The predicted molar refractivity (Wildman–Crippen MR) is 127 cm³/mol. The van der Waals surface area contributed by atoms with E-state index in [2.05, 4.69) is 38.1 Å². The van der Waals surface area contributed by atoms with Crippen LogP contribution in [0.5, 0.6) is 5.75 Å². The molecule has 1 aromatic carbocycles. The van der Waals surface area contributed by atoms with Gasteiger partial charge in [0.25, 0.3) is 0 Å². The van der Waals surface area contributed by atoms with Gasteiger partial charge in [0.05, 0.1) is 6.10 Å². The van der Waals surface area contributed by atoms with Crippen molar-refractivity contribution in [3.63, 3.8) is 0 Å². The SMILES string of the molecule is CC(C)c1ccc(OC(CC2CC3CCC2C3)OC2CC3CC2C2C4CCC(C4)C32)cc1. The molecular formula is C30H42O2. The predicted octanol–water partition coefficient (Wildman–Crippen LogP) is 7.43. The van der Waals surface area contributed by atoms with E-state index in [-0.39, 0.29) is 6.29 Å². The Hall–Kier alpha value is -1.02. The van der Waals surface area contributed by atoms with Crippen molar-refractivity contribution in [2.45, 2.75) is 96.4 Å². The van der Waals surface area contributed by atoms with Crippen molar-refractivity contribution in [1.82, 2.24) is 0 Å². The van der Waals surface area contributed by atoms with Gasteiger partial charge in [-0.2, -0.15) is 0 Å². The maximum absolute atomic E-state index is 6.99. The smallest absolute Gasteiger partial charge is 0.200 e. The summed E-state index contributed by atoms with van der Waals surface area (Å²) in [6, 6.07) is 8.84. The van der Waals surface area contributed by atoms with E-state index in [4.69, 9.17) is 9.47 Å². The van der Waals surface area contributed by atoms with Crippen LogP contribution in [0, 0.1) is 53.3 Å². The van der Waals surface area contributed by atoms with Gasteiger partial charge in [-0.15, -0.1) is 0 Å². The first kappa shape index (κ1) is 20.4. The molecule has 7 rings (SSSR count). The first-order valence-corrected chi connectivity index (χ1v) is 14.0. The molecule has 6 fully saturated rings. The zero-order valence-electron chi connectivity index (χ0n) is 20.1. The quantitative estimate of drug-likeness (QED) is 0.328. The summed E-state index contributed by atoms with van der Waals surface area (Å²) in [7, 11) is 0. The topological polar surface area (TPSA) is 18.5 Å². The van der Waals surface area contributed by atoms with Gasteiger partial charge in [0.1, 0.15) is 5.75 Å². The molecule has 0 heterocycles. The van der Waals surface area contributed by atoms with E-state index in [1.165, 1.54) is 56.9 Å². The summed E-state index contributed by atoms with van der Waals surface area (Å²) in [6.45, 7) is 4.52. The van der Waals surface area contributed by atoms with Crippen LogP contribution < -0.4 is 4.74 Å². The minimum atomic E-state index is -0.0503. The summed E-state index contributed by atoms with van der Waals surface area (Å²) in [4.78, 5) is 0. The van der Waals surface area contributed by atoms with Crippen LogP contribution in [0.4, 0.5) is 0 Å². The summed E-state index contributed by atoms with van der Waals surface area (Å²) in [6.07, 6.45) is 14.7. The van der Waals surface area contributed by atoms with Crippen molar-refractivity contribution in [3.05, 3.63) is 29.8 Å². The normalized spacial score (nSPS) is 46.3. The Balaban J connectivity index is 1.07. The van der Waals surface area contributed by atoms with E-state index in [1.54, 1.807) is 6.42 Å². The Morgan fingerprint density at radius 2 is 1.56 bits per heavy atom. The highest BCUT2D eigenvalue weighted by Crippen LogP contribution is 2.68. The molecule has 0 aliphatic heterocycles. The third-order valence-corrected chi connectivity index (χ3v) is 11.2. The fourth-order valence-corrected chi connectivity index (χ4v) is 9.98. The van der Waals surface area contributed by atoms with Gasteiger partial charge >= 0.3 is 0 Å². The molecule has 32 heavy (non-hydrogen) atoms. The summed E-state index contributed by atoms with van der Waals surface area (Å²) >= 11 is 0. The molecule has 6 saturated carbocycles. The van der Waals surface area contributed by atoms with Gasteiger partial charge in [-0.25, -0.2) is 0 Å². The zero-order valence-corrected chi connectivity index (χ0v) is 20.1. The number of fused-ring (bicyclic) bond motifs is 11. The van der Waals surface area contributed by atoms with E-state index in [0.29, 0.717) is 12.0 Å². The van der Waals surface area contributed by atoms with E-state index in [1.807, 2.05) is 0 Å². The first-order valence-electron chi connectivity index (χ1n) is 14.0. The van der Waals surface area contributed by atoms with Gasteiger partial charge in [-0.1, -0.05) is 32.4 Å². The molecule has 0 radical (unpaired) electrons. The van der Waals surface area contributed by atoms with Crippen LogP contribution in [0.15, 0.2) is 24.3 Å². The molecule has 0 aromatic heterocycles. The second-order valence-corrected chi connectivity index (χ2v) is 13.0. The second kappa shape index (κ2) is 7.76. The molecule has 0 spiro atoms. The lowest BCUT2D eigenvalue weighted by Crippen LogP contribution is -2.40. The Kier molecular flexibility index (Phi) is 4.93. The van der Waals surface area contributed by atoms with Gasteiger partial charge in [0.2, 0.25) is 0 Å². The maximum Gasteiger partial charge on any atom is 0.200 e. The van der Waals surface area contributed by atoms with E-state index >= 15 is 0 Å². The Morgan fingerprint density at radius 3 is 2.28 bits per heavy atom. The Labute approximate surface area is 194 Å². The average molecular weight is 435 g/mol. The molecule has 2 heteroatoms. The van der Waals surface area contributed by atoms with Crippen molar-refractivity contribution in [1.29, 1.82) is 0 Å². The average Bonchev–Trinajstić information content (AvgIpc) is 3.61. The van der Waals surface area contributed by atoms with E-state index in [0.717, 1.165) is 65.4 Å². The highest BCUT2D eigenvalue weighted by molar-refractivity contribution is 5.29. The van der Waals surface area contributed by atoms with Crippen LogP contribution in [0.2, 0.25) is 0 Å². The Bertz CT molecular complexity index is 830. The van der Waals surface area contributed by atoms with Crippen LogP contribution in [-0.4, -0.2) is 12.4 Å². The fraction of sp³-hybridized carbons (Fsp3) is 0.800. The van der Waals surface area contributed by atoms with E-state index in [9.17, 15) is 0 Å². The summed E-state index contributed by atoms with van der Waals surface area (Å²) in [5.74, 6) is 10.3. The number of hydrogen-bond acceptors (Lipinski definition) is 2. The maximum atomic E-state index is 6.99. The van der Waals surface area contributed by atoms with Crippen LogP contribution in [0.25, 0.3) is 0 Å². The number of hydrogen-bond donors (Lipinski definition) is 0. The fourth-order valence-electron chi connectivity index (χ4n) is 9.98. The van der Waals surface area contributed by atoms with Crippen molar-refractivity contribution in [3.8, 4) is 5.75 Å². The Morgan fingerprint density at radius 1 is 0.781 bits per heavy atom. The molecule has 11 unspecified atom stereocenters. The molecule has 2 nitrogen and oxygen atoms in total. The lowest BCUT2D eigenvalue weighted by atomic mass is 9.70. The molecule has 0 N–H and O–H groups in total. The van der Waals surface area contributed by atoms with Crippen molar-refractivity contribution in [2.75, 3.05) is 0 Å². The van der Waals surface area contributed by atoms with Crippen molar-refractivity contribution in [2.24, 2.45) is 53.3 Å². The highest BCUT2D eigenvalue weighted by Gasteiger charge is 2.62. The number of ether oxygens (including phenoxy) is 2. The largest absolute Gasteiger partial charge is 0.465 e. The third-order valence-electron chi connectivity index (χ3n) is 11.2. The standard InChI is InChI=1S/C30H42O2/c1-17(2)19-7-9-25(10-8-19)31-28(16-23-12-18-3-4-20(23)11-18)32-27-15-24-14-26(27)30-22-6-5-21(13-22)29(24)30/h7-10,17-18,20-24,26-30H,3-6,11-16H2,1-2H3. The lowest BCUT2D eigenvalue weighted by molar-refractivity contribution is -0.157. The summed E-state index contributed by atoms with van der Waals surface area (Å²) in [5, 5.41) is 0. The summed E-state index contributed by atoms with van der Waals surface area (Å²) < 4.78 is 13.6. The van der Waals surface area contributed by atoms with Crippen molar-refractivity contribution < 1.29 is 9.47 Å². The lowest BCUT2D eigenvalue weighted by Gasteiger charge is -2.40. The first-order chi connectivity index (χ1) is 15.6. The van der Waals surface area contributed by atoms with Gasteiger partial charge in [-0.3, -0.25) is 0 Å². The molecule has 11 atom stereocenters. The van der Waals surface area contributed by atoms with Crippen LogP contribution in [0.3, 0.4) is 0 Å². The van der Waals surface area contributed by atoms with Gasteiger partial charge in [0.15, 0.2) is 6.29 Å². The molecule has 1 aromatic rings.